The summed E-state index contributed by atoms with van der Waals surface area (Å²) in [6.45, 7) is 12.6. The minimum Gasteiger partial charge on any atom is -0.493 e. The molecular formula is C42H60O5. The molecule has 0 atom stereocenters. The second-order valence-corrected chi connectivity index (χ2v) is 14.2. The number of aliphatic hydroxyl groups excluding tert-OH is 2. The molecule has 0 saturated heterocycles. The van der Waals surface area contributed by atoms with E-state index in [1.54, 1.807) is 0 Å². The number of benzene rings is 3. The van der Waals surface area contributed by atoms with Crippen LogP contribution in [0.5, 0.6) is 5.75 Å². The molecule has 0 aliphatic heterocycles. The van der Waals surface area contributed by atoms with Crippen molar-refractivity contribution in [2.24, 2.45) is 10.8 Å². The van der Waals surface area contributed by atoms with Gasteiger partial charge in [-0.3, -0.25) is 4.79 Å². The minimum atomic E-state index is -0.562. The quantitative estimate of drug-likeness (QED) is 0.0948. The van der Waals surface area contributed by atoms with E-state index in [9.17, 15) is 15.0 Å². The molecule has 0 aliphatic carbocycles. The predicted octanol–water partition coefficient (Wildman–Crippen LogP) is 9.11. The average Bonchev–Trinajstić information content (AvgIpc) is 3.07. The molecule has 5 nitrogen and oxygen atoms in total. The molecule has 47 heavy (non-hydrogen) atoms. The topological polar surface area (TPSA) is 76.0 Å². The maximum atomic E-state index is 12.5. The lowest BCUT2D eigenvalue weighted by atomic mass is 9.82. The summed E-state index contributed by atoms with van der Waals surface area (Å²) in [6.07, 6.45) is 10.6. The Bertz CT molecular complexity index is 1360. The van der Waals surface area contributed by atoms with Gasteiger partial charge in [-0.25, -0.2) is 0 Å². The zero-order valence-corrected chi connectivity index (χ0v) is 30.0. The fourth-order valence-electron chi connectivity index (χ4n) is 6.07. The SMILES string of the molecule is CCCCCc1ccc(CCc2ccc(-c3ccc(OCCC(CO)(CO)CCC)c(CCOC(=O)C(C)(C)C)c3)c(CC)c2)cc1. The molecule has 258 valence electrons. The highest BCUT2D eigenvalue weighted by Gasteiger charge is 2.28. The van der Waals surface area contributed by atoms with Crippen molar-refractivity contribution in [3.8, 4) is 16.9 Å². The highest BCUT2D eigenvalue weighted by Crippen LogP contribution is 2.33. The molecule has 0 saturated carbocycles. The Balaban J connectivity index is 1.77. The lowest BCUT2D eigenvalue weighted by molar-refractivity contribution is -0.152. The normalized spacial score (nSPS) is 11.9. The van der Waals surface area contributed by atoms with Gasteiger partial charge in [-0.2, -0.15) is 0 Å². The monoisotopic (exact) mass is 644 g/mol. The largest absolute Gasteiger partial charge is 0.493 e. The van der Waals surface area contributed by atoms with Crippen LogP contribution in [0.4, 0.5) is 0 Å². The number of carbonyl (C=O) groups is 1. The van der Waals surface area contributed by atoms with Gasteiger partial charge in [0, 0.05) is 11.8 Å². The van der Waals surface area contributed by atoms with E-state index in [4.69, 9.17) is 9.47 Å². The van der Waals surface area contributed by atoms with Crippen LogP contribution in [0.1, 0.15) is 108 Å². The molecule has 3 aromatic rings. The Morgan fingerprint density at radius 3 is 1.96 bits per heavy atom. The van der Waals surface area contributed by atoms with E-state index in [-0.39, 0.29) is 25.8 Å². The van der Waals surface area contributed by atoms with Gasteiger partial charge in [0.2, 0.25) is 0 Å². The molecule has 3 aromatic carbocycles. The molecule has 0 unspecified atom stereocenters. The fraction of sp³-hybridized carbons (Fsp3) is 0.548. The first-order valence-corrected chi connectivity index (χ1v) is 17.9. The Hall–Kier alpha value is -3.15. The van der Waals surface area contributed by atoms with Gasteiger partial charge in [0.25, 0.3) is 0 Å². The summed E-state index contributed by atoms with van der Waals surface area (Å²) >= 11 is 0. The number of ether oxygens (including phenoxy) is 2. The van der Waals surface area contributed by atoms with Gasteiger partial charge in [0.05, 0.1) is 31.8 Å². The first kappa shape index (κ1) is 38.3. The van der Waals surface area contributed by atoms with Crippen LogP contribution in [0.2, 0.25) is 0 Å². The molecule has 5 heteroatoms. The molecule has 0 aromatic heterocycles. The van der Waals surface area contributed by atoms with Crippen LogP contribution in [0.3, 0.4) is 0 Å². The standard InChI is InChI=1S/C42H60O5/c1-7-10-11-12-32-13-15-33(16-14-32)17-18-34-19-21-38(35(9-3)28-34)36-20-22-39(46-27-25-42(30-43,31-44)24-8-2)37(29-36)23-26-47-40(45)41(4,5)6/h13-16,19-22,28-29,43-44H,7-12,17-18,23-27,30-31H2,1-6H3. The Morgan fingerprint density at radius 1 is 0.681 bits per heavy atom. The summed E-state index contributed by atoms with van der Waals surface area (Å²) < 4.78 is 11.9. The van der Waals surface area contributed by atoms with E-state index in [0.29, 0.717) is 19.4 Å². The summed E-state index contributed by atoms with van der Waals surface area (Å²) in [4.78, 5) is 12.5. The fourth-order valence-corrected chi connectivity index (χ4v) is 6.07. The van der Waals surface area contributed by atoms with Crippen molar-refractivity contribution in [3.63, 3.8) is 0 Å². The number of esters is 1. The minimum absolute atomic E-state index is 0.0730. The van der Waals surface area contributed by atoms with Crippen molar-refractivity contribution >= 4 is 5.97 Å². The predicted molar refractivity (Wildman–Crippen MR) is 194 cm³/mol. The van der Waals surface area contributed by atoms with Gasteiger partial charge in [-0.1, -0.05) is 88.6 Å². The molecule has 0 heterocycles. The smallest absolute Gasteiger partial charge is 0.311 e. The molecular weight excluding hydrogens is 584 g/mol. The molecule has 0 bridgehead atoms. The van der Waals surface area contributed by atoms with E-state index in [0.717, 1.165) is 49.0 Å². The van der Waals surface area contributed by atoms with Crippen LogP contribution < -0.4 is 4.74 Å². The molecule has 0 amide bonds. The van der Waals surface area contributed by atoms with E-state index >= 15 is 0 Å². The van der Waals surface area contributed by atoms with Crippen LogP contribution in [-0.4, -0.2) is 42.6 Å². The number of hydrogen-bond acceptors (Lipinski definition) is 5. The highest BCUT2D eigenvalue weighted by atomic mass is 16.5. The van der Waals surface area contributed by atoms with E-state index in [1.165, 1.54) is 53.5 Å². The number of aryl methyl sites for hydroxylation is 4. The number of aliphatic hydroxyl groups is 2. The summed E-state index contributed by atoms with van der Waals surface area (Å²) in [5.41, 5.74) is 7.64. The van der Waals surface area contributed by atoms with Crippen molar-refractivity contribution in [1.82, 2.24) is 0 Å². The zero-order chi connectivity index (χ0) is 34.3. The third-order valence-corrected chi connectivity index (χ3v) is 9.27. The lowest BCUT2D eigenvalue weighted by Crippen LogP contribution is -2.31. The molecule has 0 fully saturated rings. The highest BCUT2D eigenvalue weighted by molar-refractivity contribution is 5.75. The summed E-state index contributed by atoms with van der Waals surface area (Å²) in [7, 11) is 0. The number of unbranched alkanes of at least 4 members (excludes halogenated alkanes) is 2. The Labute approximate surface area is 284 Å². The molecule has 2 N–H and O–H groups in total. The zero-order valence-electron chi connectivity index (χ0n) is 30.0. The first-order valence-electron chi connectivity index (χ1n) is 17.9. The Morgan fingerprint density at radius 2 is 1.34 bits per heavy atom. The Kier molecular flexibility index (Phi) is 15.5. The number of hydrogen-bond donors (Lipinski definition) is 2. The number of rotatable bonds is 20. The van der Waals surface area contributed by atoms with Gasteiger partial charge >= 0.3 is 5.97 Å². The molecule has 0 radical (unpaired) electrons. The van der Waals surface area contributed by atoms with E-state index in [1.807, 2.05) is 26.8 Å². The van der Waals surface area contributed by atoms with Gasteiger partial charge in [0.15, 0.2) is 0 Å². The van der Waals surface area contributed by atoms with Gasteiger partial charge in [0.1, 0.15) is 5.75 Å². The van der Waals surface area contributed by atoms with Crippen molar-refractivity contribution in [1.29, 1.82) is 0 Å². The van der Waals surface area contributed by atoms with Crippen molar-refractivity contribution in [2.75, 3.05) is 26.4 Å². The van der Waals surface area contributed by atoms with Gasteiger partial charge in [-0.15, -0.1) is 0 Å². The van der Waals surface area contributed by atoms with Crippen molar-refractivity contribution in [2.45, 2.75) is 112 Å². The van der Waals surface area contributed by atoms with Crippen LogP contribution >= 0.6 is 0 Å². The maximum Gasteiger partial charge on any atom is 0.311 e. The second-order valence-electron chi connectivity index (χ2n) is 14.2. The summed E-state index contributed by atoms with van der Waals surface area (Å²) in [5, 5.41) is 20.0. The lowest BCUT2D eigenvalue weighted by Gasteiger charge is -2.29. The third-order valence-electron chi connectivity index (χ3n) is 9.27. The van der Waals surface area contributed by atoms with Crippen LogP contribution in [0.15, 0.2) is 60.7 Å². The summed E-state index contributed by atoms with van der Waals surface area (Å²) in [6, 6.07) is 22.3. The van der Waals surface area contributed by atoms with Gasteiger partial charge < -0.3 is 19.7 Å². The van der Waals surface area contributed by atoms with Crippen LogP contribution in [0.25, 0.3) is 11.1 Å². The van der Waals surface area contributed by atoms with Crippen LogP contribution in [-0.2, 0) is 41.6 Å². The van der Waals surface area contributed by atoms with E-state index in [2.05, 4.69) is 75.4 Å². The molecule has 0 aliphatic rings. The summed E-state index contributed by atoms with van der Waals surface area (Å²) in [5.74, 6) is 0.519. The maximum absolute atomic E-state index is 12.5. The molecule has 0 spiro atoms. The second kappa shape index (κ2) is 19.0. The van der Waals surface area contributed by atoms with Crippen LogP contribution in [0, 0.1) is 10.8 Å². The average molecular weight is 645 g/mol. The van der Waals surface area contributed by atoms with Crippen molar-refractivity contribution < 1.29 is 24.5 Å². The third kappa shape index (κ3) is 11.8. The van der Waals surface area contributed by atoms with Crippen molar-refractivity contribution in [3.05, 3.63) is 88.5 Å². The molecule has 3 rings (SSSR count). The first-order chi connectivity index (χ1) is 22.6. The number of carbonyl (C=O) groups excluding carboxylic acids is 1. The van der Waals surface area contributed by atoms with Gasteiger partial charge in [-0.05, 0) is 117 Å². The van der Waals surface area contributed by atoms with E-state index < -0.39 is 10.8 Å².